The summed E-state index contributed by atoms with van der Waals surface area (Å²) < 4.78 is 7.34. The van der Waals surface area contributed by atoms with Gasteiger partial charge in [0, 0.05) is 23.9 Å². The molecule has 1 atom stereocenters. The second-order valence-corrected chi connectivity index (χ2v) is 9.37. The normalized spacial score (nSPS) is 20.3. The summed E-state index contributed by atoms with van der Waals surface area (Å²) in [4.78, 5) is 34.0. The molecule has 6 nitrogen and oxygen atoms in total. The van der Waals surface area contributed by atoms with Crippen LogP contribution in [0.3, 0.4) is 0 Å². The smallest absolute Gasteiger partial charge is 0.262 e. The Morgan fingerprint density at radius 3 is 3.00 bits per heavy atom. The van der Waals surface area contributed by atoms with Crippen LogP contribution in [-0.2, 0) is 29.0 Å². The van der Waals surface area contributed by atoms with E-state index >= 15 is 0 Å². The van der Waals surface area contributed by atoms with Gasteiger partial charge in [-0.2, -0.15) is 0 Å². The van der Waals surface area contributed by atoms with Gasteiger partial charge >= 0.3 is 0 Å². The van der Waals surface area contributed by atoms with Gasteiger partial charge in [0.25, 0.3) is 5.56 Å². The highest BCUT2D eigenvalue weighted by atomic mass is 35.5. The Labute approximate surface area is 167 Å². The van der Waals surface area contributed by atoms with Crippen molar-refractivity contribution < 1.29 is 9.53 Å². The predicted molar refractivity (Wildman–Crippen MR) is 106 cm³/mol. The number of nitrogens with zero attached hydrogens (tertiary/aromatic N) is 3. The number of amides is 1. The summed E-state index contributed by atoms with van der Waals surface area (Å²) in [6, 6.07) is 0. The SMILES string of the molecule is CC(C)(CCl)C(=O)N1CCc2c(sc3ncn(C[C@H]4CCCO4)c(=O)c23)C1. The van der Waals surface area contributed by atoms with E-state index in [1.807, 2.05) is 18.7 Å². The molecule has 0 unspecified atom stereocenters. The number of thiophene rings is 1. The number of carbonyl (C=O) groups is 1. The monoisotopic (exact) mass is 409 g/mol. The molecule has 2 aromatic heterocycles. The zero-order valence-electron chi connectivity index (χ0n) is 15.7. The Hall–Kier alpha value is -1.44. The van der Waals surface area contributed by atoms with Crippen molar-refractivity contribution in [1.82, 2.24) is 14.5 Å². The minimum absolute atomic E-state index is 0.00821. The molecule has 0 aliphatic carbocycles. The maximum absolute atomic E-state index is 13.0. The Morgan fingerprint density at radius 1 is 1.48 bits per heavy atom. The van der Waals surface area contributed by atoms with Crippen LogP contribution in [0.25, 0.3) is 10.2 Å². The van der Waals surface area contributed by atoms with Crippen molar-refractivity contribution in [3.05, 3.63) is 27.1 Å². The van der Waals surface area contributed by atoms with Crippen LogP contribution in [0.4, 0.5) is 0 Å². The van der Waals surface area contributed by atoms with E-state index in [0.29, 0.717) is 26.1 Å². The topological polar surface area (TPSA) is 64.4 Å². The average molecular weight is 410 g/mol. The first-order valence-electron chi connectivity index (χ1n) is 9.37. The Balaban J connectivity index is 1.64. The van der Waals surface area contributed by atoms with Crippen LogP contribution < -0.4 is 5.56 Å². The standard InChI is InChI=1S/C19H24ClN3O3S/c1-19(2,10-20)18(25)22-6-5-13-14(9-22)27-16-15(13)17(24)23(11-21-16)8-12-4-3-7-26-12/h11-12H,3-10H2,1-2H3/t12-/m1/s1. The fourth-order valence-electron chi connectivity index (χ4n) is 3.82. The Kier molecular flexibility index (Phi) is 5.03. The molecule has 2 aliphatic rings. The molecule has 4 heterocycles. The quantitative estimate of drug-likeness (QED) is 0.728. The van der Waals surface area contributed by atoms with Crippen LogP contribution in [0.1, 0.15) is 37.1 Å². The van der Waals surface area contributed by atoms with Crippen molar-refractivity contribution in [2.24, 2.45) is 5.41 Å². The lowest BCUT2D eigenvalue weighted by Crippen LogP contribution is -2.44. The van der Waals surface area contributed by atoms with Gasteiger partial charge in [-0.1, -0.05) is 0 Å². The van der Waals surface area contributed by atoms with Gasteiger partial charge in [-0.05, 0) is 38.7 Å². The molecule has 0 radical (unpaired) electrons. The van der Waals surface area contributed by atoms with Crippen LogP contribution in [0.2, 0.25) is 0 Å². The van der Waals surface area contributed by atoms with Gasteiger partial charge in [0.05, 0.1) is 36.3 Å². The van der Waals surface area contributed by atoms with E-state index in [0.717, 1.165) is 40.1 Å². The molecule has 1 saturated heterocycles. The highest BCUT2D eigenvalue weighted by molar-refractivity contribution is 7.18. The predicted octanol–water partition coefficient (Wildman–Crippen LogP) is 2.79. The molecule has 2 aliphatic heterocycles. The summed E-state index contributed by atoms with van der Waals surface area (Å²) in [5.74, 6) is 0.348. The van der Waals surface area contributed by atoms with E-state index in [2.05, 4.69) is 4.98 Å². The summed E-state index contributed by atoms with van der Waals surface area (Å²) >= 11 is 7.49. The van der Waals surface area contributed by atoms with Crippen molar-refractivity contribution >= 4 is 39.1 Å². The number of carbonyl (C=O) groups excluding carboxylic acids is 1. The first kappa shape index (κ1) is 18.9. The number of fused-ring (bicyclic) bond motifs is 3. The highest BCUT2D eigenvalue weighted by Gasteiger charge is 2.34. The number of alkyl halides is 1. The number of ether oxygens (including phenoxy) is 1. The molecule has 4 rings (SSSR count). The third-order valence-electron chi connectivity index (χ3n) is 5.45. The first-order chi connectivity index (χ1) is 12.9. The molecule has 0 saturated carbocycles. The van der Waals surface area contributed by atoms with Gasteiger partial charge in [0.1, 0.15) is 4.83 Å². The van der Waals surface area contributed by atoms with E-state index in [-0.39, 0.29) is 23.5 Å². The maximum Gasteiger partial charge on any atom is 0.262 e. The third kappa shape index (κ3) is 3.41. The number of hydrogen-bond acceptors (Lipinski definition) is 5. The Bertz CT molecular complexity index is 930. The third-order valence-corrected chi connectivity index (χ3v) is 7.24. The number of aromatic nitrogens is 2. The average Bonchev–Trinajstić information content (AvgIpc) is 3.30. The van der Waals surface area contributed by atoms with Crippen LogP contribution in [0.5, 0.6) is 0 Å². The van der Waals surface area contributed by atoms with E-state index in [9.17, 15) is 9.59 Å². The molecule has 0 aromatic carbocycles. The molecular weight excluding hydrogens is 386 g/mol. The lowest BCUT2D eigenvalue weighted by atomic mass is 9.93. The van der Waals surface area contributed by atoms with Crippen molar-refractivity contribution in [3.63, 3.8) is 0 Å². The van der Waals surface area contributed by atoms with Gasteiger partial charge in [-0.25, -0.2) is 4.98 Å². The molecule has 1 fully saturated rings. The molecule has 8 heteroatoms. The van der Waals surface area contributed by atoms with E-state index in [1.54, 1.807) is 10.9 Å². The first-order valence-corrected chi connectivity index (χ1v) is 10.7. The van der Waals surface area contributed by atoms with Crippen LogP contribution in [0, 0.1) is 5.41 Å². The zero-order chi connectivity index (χ0) is 19.2. The van der Waals surface area contributed by atoms with Crippen LogP contribution in [0.15, 0.2) is 11.1 Å². The van der Waals surface area contributed by atoms with E-state index in [4.69, 9.17) is 16.3 Å². The van der Waals surface area contributed by atoms with E-state index in [1.165, 1.54) is 11.3 Å². The summed E-state index contributed by atoms with van der Waals surface area (Å²) in [6.45, 7) is 6.20. The van der Waals surface area contributed by atoms with E-state index < -0.39 is 5.41 Å². The largest absolute Gasteiger partial charge is 0.376 e. The van der Waals surface area contributed by atoms with Crippen LogP contribution in [-0.4, -0.2) is 45.5 Å². The zero-order valence-corrected chi connectivity index (χ0v) is 17.2. The number of hydrogen-bond donors (Lipinski definition) is 0. The molecule has 27 heavy (non-hydrogen) atoms. The van der Waals surface area contributed by atoms with Gasteiger partial charge in [-0.3, -0.25) is 14.2 Å². The fraction of sp³-hybridized carbons (Fsp3) is 0.632. The number of rotatable bonds is 4. The summed E-state index contributed by atoms with van der Waals surface area (Å²) in [7, 11) is 0. The molecule has 0 bridgehead atoms. The second kappa shape index (κ2) is 7.18. The minimum Gasteiger partial charge on any atom is -0.376 e. The van der Waals surface area contributed by atoms with Gasteiger partial charge in [0.2, 0.25) is 5.91 Å². The van der Waals surface area contributed by atoms with Crippen LogP contribution >= 0.6 is 22.9 Å². The van der Waals surface area contributed by atoms with Crippen molar-refractivity contribution in [2.75, 3.05) is 19.0 Å². The molecule has 1 amide bonds. The van der Waals surface area contributed by atoms with Crippen molar-refractivity contribution in [1.29, 1.82) is 0 Å². The van der Waals surface area contributed by atoms with Crippen molar-refractivity contribution in [2.45, 2.75) is 52.3 Å². The molecule has 2 aromatic rings. The molecular formula is C19H24ClN3O3S. The number of halogens is 1. The summed E-state index contributed by atoms with van der Waals surface area (Å²) in [6.07, 6.45) is 4.45. The Morgan fingerprint density at radius 2 is 2.30 bits per heavy atom. The highest BCUT2D eigenvalue weighted by Crippen LogP contribution is 2.34. The molecule has 0 N–H and O–H groups in total. The van der Waals surface area contributed by atoms with Gasteiger partial charge < -0.3 is 9.64 Å². The molecule has 0 spiro atoms. The maximum atomic E-state index is 13.0. The van der Waals surface area contributed by atoms with Crippen molar-refractivity contribution in [3.8, 4) is 0 Å². The lowest BCUT2D eigenvalue weighted by molar-refractivity contribution is -0.140. The van der Waals surface area contributed by atoms with Gasteiger partial charge in [0.15, 0.2) is 0 Å². The summed E-state index contributed by atoms with van der Waals surface area (Å²) in [5.41, 5.74) is 0.484. The van der Waals surface area contributed by atoms with Gasteiger partial charge in [-0.15, -0.1) is 22.9 Å². The summed E-state index contributed by atoms with van der Waals surface area (Å²) in [5, 5.41) is 0.721. The lowest BCUT2D eigenvalue weighted by Gasteiger charge is -2.33. The second-order valence-electron chi connectivity index (χ2n) is 8.02. The minimum atomic E-state index is -0.581. The fourth-order valence-corrected chi connectivity index (χ4v) is 5.12. The molecule has 146 valence electrons.